The van der Waals surface area contributed by atoms with Crippen LogP contribution in [-0.2, 0) is 15.1 Å². The topological polar surface area (TPSA) is 46.5 Å². The fraction of sp³-hybridized carbons (Fsp3) is 0.500. The van der Waals surface area contributed by atoms with Crippen molar-refractivity contribution in [1.82, 2.24) is 0 Å². The second kappa shape index (κ2) is 7.28. The highest BCUT2D eigenvalue weighted by atomic mass is 16.6. The summed E-state index contributed by atoms with van der Waals surface area (Å²) >= 11 is 0. The molecular formula is C18H22O3. The van der Waals surface area contributed by atoms with E-state index in [0.717, 1.165) is 37.7 Å². The molecular weight excluding hydrogens is 264 g/mol. The molecule has 1 aromatic carbocycles. The van der Waals surface area contributed by atoms with Gasteiger partial charge < -0.3 is 9.84 Å². The minimum Gasteiger partial charge on any atom is -0.452 e. The van der Waals surface area contributed by atoms with E-state index in [1.54, 1.807) is 0 Å². The number of rotatable bonds is 3. The van der Waals surface area contributed by atoms with Gasteiger partial charge in [-0.15, -0.1) is 5.92 Å². The number of hydrogen-bond donors (Lipinski definition) is 1. The van der Waals surface area contributed by atoms with Crippen molar-refractivity contribution in [3.63, 3.8) is 0 Å². The van der Waals surface area contributed by atoms with Crippen molar-refractivity contribution in [3.05, 3.63) is 35.9 Å². The Morgan fingerprint density at radius 2 is 1.95 bits per heavy atom. The number of hydrogen-bond acceptors (Lipinski definition) is 3. The third-order valence-corrected chi connectivity index (χ3v) is 3.90. The van der Waals surface area contributed by atoms with E-state index in [1.165, 1.54) is 0 Å². The van der Waals surface area contributed by atoms with E-state index in [4.69, 9.17) is 4.74 Å². The molecule has 0 bridgehead atoms. The minimum absolute atomic E-state index is 0.605. The Balaban J connectivity index is 2.19. The monoisotopic (exact) mass is 286 g/mol. The van der Waals surface area contributed by atoms with Crippen molar-refractivity contribution in [2.75, 3.05) is 0 Å². The van der Waals surface area contributed by atoms with E-state index in [0.29, 0.717) is 6.42 Å². The summed E-state index contributed by atoms with van der Waals surface area (Å²) in [5.74, 6) is 4.60. The molecule has 21 heavy (non-hydrogen) atoms. The zero-order chi connectivity index (χ0) is 15.1. The Morgan fingerprint density at radius 1 is 1.29 bits per heavy atom. The molecule has 1 saturated carbocycles. The largest absolute Gasteiger partial charge is 0.452 e. The number of aliphatic hydroxyl groups is 1. The van der Waals surface area contributed by atoms with E-state index in [-0.39, 0.29) is 0 Å². The summed E-state index contributed by atoms with van der Waals surface area (Å²) in [5, 5.41) is 9.79. The first-order valence-electron chi connectivity index (χ1n) is 7.63. The summed E-state index contributed by atoms with van der Waals surface area (Å²) in [6.07, 6.45) is 4.07. The Bertz CT molecular complexity index is 518. The maximum atomic E-state index is 12.1. The summed E-state index contributed by atoms with van der Waals surface area (Å²) in [6.45, 7) is 1.87. The quantitative estimate of drug-likeness (QED) is 0.686. The van der Waals surface area contributed by atoms with Crippen LogP contribution in [0.4, 0.5) is 0 Å². The Morgan fingerprint density at radius 3 is 2.57 bits per heavy atom. The van der Waals surface area contributed by atoms with Crippen LogP contribution in [0.1, 0.15) is 51.0 Å². The van der Waals surface area contributed by atoms with Gasteiger partial charge in [-0.05, 0) is 31.2 Å². The standard InChI is InChI=1S/C18H22O3/c1-2-3-12-16(19)17(20)21-18(13-8-5-9-14-18)15-10-6-4-7-11-15/h4,6-7,10-11,16,19H,2,5,8-9,13-14H2,1H3. The van der Waals surface area contributed by atoms with Crippen molar-refractivity contribution in [2.24, 2.45) is 0 Å². The molecule has 0 spiro atoms. The van der Waals surface area contributed by atoms with Crippen molar-refractivity contribution < 1.29 is 14.6 Å². The normalized spacial score (nSPS) is 18.2. The molecule has 112 valence electrons. The molecule has 3 nitrogen and oxygen atoms in total. The average Bonchev–Trinajstić information content (AvgIpc) is 2.54. The van der Waals surface area contributed by atoms with E-state index in [1.807, 2.05) is 37.3 Å². The smallest absolute Gasteiger partial charge is 0.348 e. The van der Waals surface area contributed by atoms with E-state index in [2.05, 4.69) is 11.8 Å². The lowest BCUT2D eigenvalue weighted by atomic mass is 9.79. The fourth-order valence-corrected chi connectivity index (χ4v) is 2.82. The molecule has 1 atom stereocenters. The third kappa shape index (κ3) is 3.86. The molecule has 1 unspecified atom stereocenters. The summed E-state index contributed by atoms with van der Waals surface area (Å²) in [6, 6.07) is 9.83. The van der Waals surface area contributed by atoms with Crippen molar-refractivity contribution in [2.45, 2.75) is 57.2 Å². The molecule has 1 fully saturated rings. The van der Waals surface area contributed by atoms with Crippen LogP contribution in [0.5, 0.6) is 0 Å². The molecule has 2 rings (SSSR count). The zero-order valence-corrected chi connectivity index (χ0v) is 12.5. The van der Waals surface area contributed by atoms with Gasteiger partial charge in [0.2, 0.25) is 6.10 Å². The molecule has 0 heterocycles. The molecule has 0 aliphatic heterocycles. The average molecular weight is 286 g/mol. The number of aliphatic hydroxyl groups excluding tert-OH is 1. The van der Waals surface area contributed by atoms with Gasteiger partial charge in [0.25, 0.3) is 0 Å². The van der Waals surface area contributed by atoms with Crippen LogP contribution in [0.3, 0.4) is 0 Å². The predicted molar refractivity (Wildman–Crippen MR) is 81.4 cm³/mol. The lowest BCUT2D eigenvalue weighted by molar-refractivity contribution is -0.172. The van der Waals surface area contributed by atoms with Gasteiger partial charge in [0.05, 0.1) is 0 Å². The van der Waals surface area contributed by atoms with Gasteiger partial charge in [0.15, 0.2) is 0 Å². The first-order chi connectivity index (χ1) is 10.2. The van der Waals surface area contributed by atoms with Gasteiger partial charge in [0, 0.05) is 6.42 Å². The van der Waals surface area contributed by atoms with Crippen molar-refractivity contribution >= 4 is 5.97 Å². The number of benzene rings is 1. The van der Waals surface area contributed by atoms with Crippen LogP contribution in [-0.4, -0.2) is 17.2 Å². The fourth-order valence-electron chi connectivity index (χ4n) is 2.82. The van der Waals surface area contributed by atoms with Crippen LogP contribution in [0.2, 0.25) is 0 Å². The number of carbonyl (C=O) groups is 1. The third-order valence-electron chi connectivity index (χ3n) is 3.90. The zero-order valence-electron chi connectivity index (χ0n) is 12.5. The molecule has 1 aliphatic rings. The summed E-state index contributed by atoms with van der Waals surface area (Å²) in [4.78, 5) is 12.1. The SMILES string of the molecule is CCC#CC(O)C(=O)OC1(c2ccccc2)CCCCC1. The van der Waals surface area contributed by atoms with Crippen LogP contribution in [0.25, 0.3) is 0 Å². The first-order valence-corrected chi connectivity index (χ1v) is 7.63. The van der Waals surface area contributed by atoms with E-state index in [9.17, 15) is 9.90 Å². The lowest BCUT2D eigenvalue weighted by Gasteiger charge is -2.37. The van der Waals surface area contributed by atoms with Gasteiger partial charge in [-0.25, -0.2) is 4.79 Å². The molecule has 0 aromatic heterocycles. The number of ether oxygens (including phenoxy) is 1. The molecule has 0 saturated heterocycles. The molecule has 3 heteroatoms. The number of carbonyl (C=O) groups excluding carboxylic acids is 1. The Labute approximate surface area is 126 Å². The van der Waals surface area contributed by atoms with Crippen LogP contribution >= 0.6 is 0 Å². The highest BCUT2D eigenvalue weighted by molar-refractivity contribution is 5.78. The Kier molecular flexibility index (Phi) is 5.41. The van der Waals surface area contributed by atoms with Crippen molar-refractivity contribution in [1.29, 1.82) is 0 Å². The molecule has 1 aliphatic carbocycles. The van der Waals surface area contributed by atoms with Gasteiger partial charge >= 0.3 is 5.97 Å². The highest BCUT2D eigenvalue weighted by Gasteiger charge is 2.38. The maximum Gasteiger partial charge on any atom is 0.348 e. The van der Waals surface area contributed by atoms with Crippen LogP contribution < -0.4 is 0 Å². The molecule has 1 aromatic rings. The first kappa shape index (κ1) is 15.6. The Hall–Kier alpha value is -1.79. The van der Waals surface area contributed by atoms with Gasteiger partial charge in [0.1, 0.15) is 5.60 Å². The summed E-state index contributed by atoms with van der Waals surface area (Å²) in [5.41, 5.74) is 0.402. The highest BCUT2D eigenvalue weighted by Crippen LogP contribution is 2.40. The second-order valence-electron chi connectivity index (χ2n) is 5.42. The van der Waals surface area contributed by atoms with Gasteiger partial charge in [-0.2, -0.15) is 0 Å². The predicted octanol–water partition coefficient (Wildman–Crippen LogP) is 3.16. The summed E-state index contributed by atoms with van der Waals surface area (Å²) in [7, 11) is 0. The van der Waals surface area contributed by atoms with Gasteiger partial charge in [-0.3, -0.25) is 0 Å². The van der Waals surface area contributed by atoms with Gasteiger partial charge in [-0.1, -0.05) is 49.6 Å². The van der Waals surface area contributed by atoms with Crippen LogP contribution in [0, 0.1) is 11.8 Å². The van der Waals surface area contributed by atoms with E-state index >= 15 is 0 Å². The summed E-state index contributed by atoms with van der Waals surface area (Å²) < 4.78 is 5.73. The van der Waals surface area contributed by atoms with E-state index < -0.39 is 17.7 Å². The lowest BCUT2D eigenvalue weighted by Crippen LogP contribution is -2.38. The molecule has 0 amide bonds. The second-order valence-corrected chi connectivity index (χ2v) is 5.42. The molecule has 1 N–H and O–H groups in total. The van der Waals surface area contributed by atoms with Crippen LogP contribution in [0.15, 0.2) is 30.3 Å². The molecule has 0 radical (unpaired) electrons. The maximum absolute atomic E-state index is 12.1. The number of esters is 1. The minimum atomic E-state index is -1.35. The van der Waals surface area contributed by atoms with Crippen molar-refractivity contribution in [3.8, 4) is 11.8 Å².